The van der Waals surface area contributed by atoms with E-state index >= 15 is 0 Å². The van der Waals surface area contributed by atoms with Crippen LogP contribution in [0.2, 0.25) is 0 Å². The lowest BCUT2D eigenvalue weighted by molar-refractivity contribution is -0.118. The summed E-state index contributed by atoms with van der Waals surface area (Å²) in [5.74, 6) is 2.55. The van der Waals surface area contributed by atoms with E-state index in [9.17, 15) is 9.18 Å². The van der Waals surface area contributed by atoms with Gasteiger partial charge in [0.2, 0.25) is 5.91 Å². The van der Waals surface area contributed by atoms with Gasteiger partial charge in [-0.3, -0.25) is 4.79 Å². The number of hydrogen-bond donors (Lipinski definition) is 1. The van der Waals surface area contributed by atoms with Gasteiger partial charge in [-0.05, 0) is 29.3 Å². The van der Waals surface area contributed by atoms with Gasteiger partial charge in [-0.15, -0.1) is 11.8 Å². The van der Waals surface area contributed by atoms with Crippen LogP contribution in [0.25, 0.3) is 0 Å². The van der Waals surface area contributed by atoms with Crippen LogP contribution in [0.15, 0.2) is 53.0 Å². The lowest BCUT2D eigenvalue weighted by Gasteiger charge is -2.06. The van der Waals surface area contributed by atoms with Gasteiger partial charge in [-0.2, -0.15) is 11.8 Å². The van der Waals surface area contributed by atoms with E-state index in [1.54, 1.807) is 35.7 Å². The maximum Gasteiger partial charge on any atom is 0.230 e. The van der Waals surface area contributed by atoms with E-state index in [1.165, 1.54) is 11.6 Å². The number of thioether (sulfide) groups is 2. The second kappa shape index (κ2) is 10.8. The largest absolute Gasteiger partial charge is 0.355 e. The van der Waals surface area contributed by atoms with Crippen molar-refractivity contribution in [2.45, 2.75) is 11.5 Å². The first kappa shape index (κ1) is 19.3. The highest BCUT2D eigenvalue weighted by atomic mass is 79.9. The Bertz CT molecular complexity index is 652. The Labute approximate surface area is 159 Å². The lowest BCUT2D eigenvalue weighted by Crippen LogP contribution is -2.27. The molecule has 0 aromatic heterocycles. The number of benzene rings is 2. The third kappa shape index (κ3) is 7.28. The normalized spacial score (nSPS) is 10.6. The summed E-state index contributed by atoms with van der Waals surface area (Å²) in [4.78, 5) is 11.8. The van der Waals surface area contributed by atoms with Gasteiger partial charge in [-0.25, -0.2) is 4.39 Å². The second-order valence-corrected chi connectivity index (χ2v) is 8.12. The molecule has 0 spiro atoms. The van der Waals surface area contributed by atoms with Gasteiger partial charge in [0.05, 0.1) is 5.75 Å². The van der Waals surface area contributed by atoms with Crippen LogP contribution in [0, 0.1) is 5.82 Å². The van der Waals surface area contributed by atoms with Gasteiger partial charge in [0.15, 0.2) is 0 Å². The van der Waals surface area contributed by atoms with Crippen molar-refractivity contribution in [1.82, 2.24) is 5.32 Å². The Kier molecular flexibility index (Phi) is 8.70. The number of amides is 1. The second-order valence-electron chi connectivity index (χ2n) is 5.11. The van der Waals surface area contributed by atoms with E-state index < -0.39 is 0 Å². The summed E-state index contributed by atoms with van der Waals surface area (Å²) in [6, 6.07) is 14.9. The number of hydrogen-bond acceptors (Lipinski definition) is 3. The van der Waals surface area contributed by atoms with Gasteiger partial charge >= 0.3 is 0 Å². The summed E-state index contributed by atoms with van der Waals surface area (Å²) in [5.41, 5.74) is 1.91. The van der Waals surface area contributed by atoms with Crippen LogP contribution in [0.1, 0.15) is 11.1 Å². The molecule has 0 bridgehead atoms. The molecule has 128 valence electrons. The van der Waals surface area contributed by atoms with E-state index in [1.807, 2.05) is 30.3 Å². The van der Waals surface area contributed by atoms with Gasteiger partial charge in [-0.1, -0.05) is 46.3 Å². The molecule has 0 saturated carbocycles. The van der Waals surface area contributed by atoms with E-state index in [0.29, 0.717) is 23.6 Å². The predicted octanol–water partition coefficient (Wildman–Crippen LogP) is 4.87. The molecule has 0 aliphatic carbocycles. The van der Waals surface area contributed by atoms with Crippen LogP contribution in [-0.2, 0) is 16.3 Å². The topological polar surface area (TPSA) is 29.1 Å². The fourth-order valence-electron chi connectivity index (χ4n) is 1.95. The summed E-state index contributed by atoms with van der Waals surface area (Å²) in [6.07, 6.45) is 0. The molecule has 0 aliphatic rings. The van der Waals surface area contributed by atoms with Gasteiger partial charge in [0.1, 0.15) is 5.82 Å². The van der Waals surface area contributed by atoms with Crippen molar-refractivity contribution in [1.29, 1.82) is 0 Å². The Morgan fingerprint density at radius 1 is 1.04 bits per heavy atom. The van der Waals surface area contributed by atoms with E-state index in [-0.39, 0.29) is 11.7 Å². The minimum absolute atomic E-state index is 0.0450. The molecule has 1 N–H and O–H groups in total. The van der Waals surface area contributed by atoms with E-state index in [2.05, 4.69) is 21.2 Å². The molecule has 6 heteroatoms. The first-order valence-corrected chi connectivity index (χ1v) is 10.7. The smallest absolute Gasteiger partial charge is 0.230 e. The maximum atomic E-state index is 13.4. The molecule has 0 aliphatic heterocycles. The lowest BCUT2D eigenvalue weighted by atomic mass is 10.2. The van der Waals surface area contributed by atoms with Crippen LogP contribution in [0.3, 0.4) is 0 Å². The fraction of sp³-hybridized carbons (Fsp3) is 0.278. The molecular formula is C18H19BrFNOS2. The zero-order chi connectivity index (χ0) is 17.2. The minimum Gasteiger partial charge on any atom is -0.355 e. The van der Waals surface area contributed by atoms with Crippen LogP contribution < -0.4 is 5.32 Å². The van der Waals surface area contributed by atoms with Crippen LogP contribution >= 0.6 is 39.5 Å². The van der Waals surface area contributed by atoms with Crippen LogP contribution in [0.5, 0.6) is 0 Å². The van der Waals surface area contributed by atoms with E-state index in [4.69, 9.17) is 0 Å². The summed E-state index contributed by atoms with van der Waals surface area (Å²) >= 11 is 6.62. The molecule has 1 amide bonds. The number of nitrogens with one attached hydrogen (secondary N) is 1. The molecule has 0 saturated heterocycles. The Morgan fingerprint density at radius 2 is 1.79 bits per heavy atom. The first-order chi connectivity index (χ1) is 11.6. The zero-order valence-electron chi connectivity index (χ0n) is 13.1. The predicted molar refractivity (Wildman–Crippen MR) is 106 cm³/mol. The molecule has 2 nitrogen and oxygen atoms in total. The highest BCUT2D eigenvalue weighted by Crippen LogP contribution is 2.16. The number of rotatable bonds is 9. The highest BCUT2D eigenvalue weighted by molar-refractivity contribution is 9.10. The number of halogens is 2. The molecule has 2 rings (SSSR count). The third-order valence-corrected chi connectivity index (χ3v) is 5.74. The molecule has 0 atom stereocenters. The molecule has 2 aromatic carbocycles. The van der Waals surface area contributed by atoms with E-state index in [0.717, 1.165) is 16.0 Å². The zero-order valence-corrected chi connectivity index (χ0v) is 16.4. The molecular weight excluding hydrogens is 409 g/mol. The van der Waals surface area contributed by atoms with Gasteiger partial charge < -0.3 is 5.32 Å². The Balaban J connectivity index is 1.53. The summed E-state index contributed by atoms with van der Waals surface area (Å²) < 4.78 is 14.5. The van der Waals surface area contributed by atoms with Crippen molar-refractivity contribution in [3.8, 4) is 0 Å². The van der Waals surface area contributed by atoms with Crippen LogP contribution in [-0.4, -0.2) is 24.0 Å². The van der Waals surface area contributed by atoms with Crippen molar-refractivity contribution in [3.63, 3.8) is 0 Å². The number of carbonyl (C=O) groups excluding carboxylic acids is 1. The third-order valence-electron chi connectivity index (χ3n) is 3.20. The summed E-state index contributed by atoms with van der Waals surface area (Å²) in [7, 11) is 0. The first-order valence-electron chi connectivity index (χ1n) is 7.55. The molecule has 0 heterocycles. The SMILES string of the molecule is O=C(CSCc1ccc(Br)cc1)NCCSCc1ccccc1F. The molecule has 0 unspecified atom stereocenters. The standard InChI is InChI=1S/C18H19BrFNOS2/c19-16-7-5-14(6-8-16)11-24-13-18(22)21-9-10-23-12-15-3-1-2-4-17(15)20/h1-8H,9-13H2,(H,21,22). The average molecular weight is 428 g/mol. The average Bonchev–Trinajstić information content (AvgIpc) is 2.58. The van der Waals surface area contributed by atoms with Crippen molar-refractivity contribution < 1.29 is 9.18 Å². The maximum absolute atomic E-state index is 13.4. The van der Waals surface area contributed by atoms with Crippen molar-refractivity contribution in [2.24, 2.45) is 0 Å². The fourth-order valence-corrected chi connectivity index (χ4v) is 3.88. The van der Waals surface area contributed by atoms with Crippen molar-refractivity contribution in [2.75, 3.05) is 18.1 Å². The Morgan fingerprint density at radius 3 is 2.54 bits per heavy atom. The minimum atomic E-state index is -0.168. The Hall–Kier alpha value is -0.980. The molecule has 0 fully saturated rings. The molecule has 2 aromatic rings. The monoisotopic (exact) mass is 427 g/mol. The van der Waals surface area contributed by atoms with Gasteiger partial charge in [0, 0.05) is 28.3 Å². The van der Waals surface area contributed by atoms with Gasteiger partial charge in [0.25, 0.3) is 0 Å². The number of carbonyl (C=O) groups is 1. The summed E-state index contributed by atoms with van der Waals surface area (Å²) in [5, 5.41) is 2.90. The highest BCUT2D eigenvalue weighted by Gasteiger charge is 2.03. The summed E-state index contributed by atoms with van der Waals surface area (Å²) in [6.45, 7) is 0.608. The van der Waals surface area contributed by atoms with Crippen LogP contribution in [0.4, 0.5) is 4.39 Å². The molecule has 0 radical (unpaired) electrons. The molecule has 24 heavy (non-hydrogen) atoms. The van der Waals surface area contributed by atoms with Crippen molar-refractivity contribution in [3.05, 3.63) is 69.9 Å². The quantitative estimate of drug-likeness (QED) is 0.578. The van der Waals surface area contributed by atoms with Crippen molar-refractivity contribution >= 4 is 45.4 Å².